The van der Waals surface area contributed by atoms with E-state index in [9.17, 15) is 9.59 Å². The Balaban J connectivity index is 1.75. The Labute approximate surface area is 132 Å². The van der Waals surface area contributed by atoms with Crippen LogP contribution in [0.15, 0.2) is 30.4 Å². The van der Waals surface area contributed by atoms with Gasteiger partial charge in [-0.1, -0.05) is 35.4 Å². The minimum atomic E-state index is -0.548. The first kappa shape index (κ1) is 14.4. The number of rotatable bonds is 3. The third-order valence-electron chi connectivity index (χ3n) is 3.76. The Morgan fingerprint density at radius 1 is 1.10 bits per heavy atom. The molecule has 21 heavy (non-hydrogen) atoms. The molecule has 3 rings (SSSR count). The van der Waals surface area contributed by atoms with E-state index < -0.39 is 6.04 Å². The van der Waals surface area contributed by atoms with Crippen molar-refractivity contribution in [3.63, 3.8) is 0 Å². The lowest BCUT2D eigenvalue weighted by atomic mass is 10.1. The van der Waals surface area contributed by atoms with Crippen molar-refractivity contribution >= 4 is 35.1 Å². The minimum absolute atomic E-state index is 0.0505. The molecule has 0 spiro atoms. The summed E-state index contributed by atoms with van der Waals surface area (Å²) in [5.74, 6) is -0.176. The van der Waals surface area contributed by atoms with Gasteiger partial charge in [-0.15, -0.1) is 0 Å². The highest BCUT2D eigenvalue weighted by atomic mass is 35.5. The molecule has 1 unspecified atom stereocenters. The number of amides is 3. The Morgan fingerprint density at radius 3 is 2.33 bits per heavy atom. The van der Waals surface area contributed by atoms with Gasteiger partial charge < -0.3 is 5.32 Å². The van der Waals surface area contributed by atoms with E-state index in [4.69, 9.17) is 23.2 Å². The monoisotopic (exact) mass is 324 g/mol. The molecule has 1 saturated heterocycles. The molecule has 6 heteroatoms. The number of imide groups is 1. The molecule has 1 N–H and O–H groups in total. The van der Waals surface area contributed by atoms with Crippen molar-refractivity contribution in [3.8, 4) is 0 Å². The van der Waals surface area contributed by atoms with Gasteiger partial charge in [0, 0.05) is 22.5 Å². The fourth-order valence-electron chi connectivity index (χ4n) is 2.81. The van der Waals surface area contributed by atoms with Gasteiger partial charge in [0.05, 0.1) is 0 Å². The number of carbonyl (C=O) groups excluding carboxylic acids is 2. The van der Waals surface area contributed by atoms with Gasteiger partial charge in [0.15, 0.2) is 0 Å². The van der Waals surface area contributed by atoms with Gasteiger partial charge in [0.25, 0.3) is 5.91 Å². The molecule has 1 aromatic carbocycles. The zero-order valence-corrected chi connectivity index (χ0v) is 12.7. The summed E-state index contributed by atoms with van der Waals surface area (Å²) >= 11 is 11.9. The first-order chi connectivity index (χ1) is 10.0. The highest BCUT2D eigenvalue weighted by molar-refractivity contribution is 6.34. The normalized spacial score (nSPS) is 22.2. The van der Waals surface area contributed by atoms with Crippen LogP contribution in [0.2, 0.25) is 10.0 Å². The Bertz CT molecular complexity index is 602. The summed E-state index contributed by atoms with van der Waals surface area (Å²) < 4.78 is 0. The smallest absolute Gasteiger partial charge is 0.325 e. The van der Waals surface area contributed by atoms with Crippen molar-refractivity contribution in [1.29, 1.82) is 0 Å². The first-order valence-corrected chi connectivity index (χ1v) is 7.54. The molecule has 1 heterocycles. The van der Waals surface area contributed by atoms with Crippen LogP contribution in [0, 0.1) is 0 Å². The SMILES string of the molecule is O=C1NC(Cc2cc(Cl)cc(Cl)c2)C(=O)N1C1CC=CC1. The summed E-state index contributed by atoms with van der Waals surface area (Å²) in [7, 11) is 0. The predicted octanol–water partition coefficient (Wildman–Crippen LogP) is 3.17. The zero-order chi connectivity index (χ0) is 15.0. The van der Waals surface area contributed by atoms with Crippen LogP contribution in [0.1, 0.15) is 18.4 Å². The lowest BCUT2D eigenvalue weighted by Gasteiger charge is -2.20. The van der Waals surface area contributed by atoms with E-state index in [2.05, 4.69) is 5.32 Å². The Hall–Kier alpha value is -1.52. The molecule has 1 aliphatic heterocycles. The van der Waals surface area contributed by atoms with Crippen molar-refractivity contribution in [2.75, 3.05) is 0 Å². The predicted molar refractivity (Wildman–Crippen MR) is 81.5 cm³/mol. The van der Waals surface area contributed by atoms with E-state index in [0.29, 0.717) is 16.5 Å². The number of halogens is 2. The molecule has 1 aromatic rings. The fourth-order valence-corrected chi connectivity index (χ4v) is 3.38. The van der Waals surface area contributed by atoms with Crippen molar-refractivity contribution in [2.24, 2.45) is 0 Å². The van der Waals surface area contributed by atoms with Crippen LogP contribution in [0.25, 0.3) is 0 Å². The van der Waals surface area contributed by atoms with Crippen LogP contribution < -0.4 is 5.32 Å². The molecule has 4 nitrogen and oxygen atoms in total. The third-order valence-corrected chi connectivity index (χ3v) is 4.20. The van der Waals surface area contributed by atoms with Crippen LogP contribution in [-0.4, -0.2) is 28.9 Å². The highest BCUT2D eigenvalue weighted by Gasteiger charge is 2.41. The number of hydrogen-bond acceptors (Lipinski definition) is 2. The number of benzene rings is 1. The molecule has 0 bridgehead atoms. The van der Waals surface area contributed by atoms with E-state index in [0.717, 1.165) is 18.4 Å². The average Bonchev–Trinajstić information content (AvgIpc) is 2.98. The van der Waals surface area contributed by atoms with E-state index in [-0.39, 0.29) is 18.0 Å². The number of urea groups is 1. The number of hydrogen-bond donors (Lipinski definition) is 1. The summed E-state index contributed by atoms with van der Waals surface area (Å²) in [4.78, 5) is 25.8. The van der Waals surface area contributed by atoms with Gasteiger partial charge in [-0.25, -0.2) is 4.79 Å². The lowest BCUT2D eigenvalue weighted by molar-refractivity contribution is -0.128. The van der Waals surface area contributed by atoms with Gasteiger partial charge in [0.2, 0.25) is 0 Å². The van der Waals surface area contributed by atoms with Gasteiger partial charge in [-0.05, 0) is 36.6 Å². The minimum Gasteiger partial charge on any atom is -0.325 e. The molecular formula is C15H14Cl2N2O2. The summed E-state index contributed by atoms with van der Waals surface area (Å²) in [5.41, 5.74) is 0.831. The van der Waals surface area contributed by atoms with Gasteiger partial charge in [-0.2, -0.15) is 0 Å². The molecule has 0 saturated carbocycles. The molecule has 0 radical (unpaired) electrons. The quantitative estimate of drug-likeness (QED) is 0.685. The van der Waals surface area contributed by atoms with Crippen molar-refractivity contribution in [1.82, 2.24) is 10.2 Å². The highest BCUT2D eigenvalue weighted by Crippen LogP contribution is 2.24. The zero-order valence-electron chi connectivity index (χ0n) is 11.2. The van der Waals surface area contributed by atoms with E-state index >= 15 is 0 Å². The van der Waals surface area contributed by atoms with Crippen LogP contribution >= 0.6 is 23.2 Å². The van der Waals surface area contributed by atoms with Crippen molar-refractivity contribution in [3.05, 3.63) is 46.0 Å². The van der Waals surface area contributed by atoms with Gasteiger partial charge in [0.1, 0.15) is 6.04 Å². The Kier molecular flexibility index (Phi) is 3.91. The number of nitrogens with one attached hydrogen (secondary N) is 1. The second-order valence-electron chi connectivity index (χ2n) is 5.29. The van der Waals surface area contributed by atoms with Crippen molar-refractivity contribution < 1.29 is 9.59 Å². The van der Waals surface area contributed by atoms with Crippen LogP contribution in [0.4, 0.5) is 4.79 Å². The maximum atomic E-state index is 12.4. The number of carbonyl (C=O) groups is 2. The average molecular weight is 325 g/mol. The molecule has 1 aliphatic carbocycles. The summed E-state index contributed by atoms with van der Waals surface area (Å²) in [5, 5.41) is 3.78. The summed E-state index contributed by atoms with van der Waals surface area (Å²) in [6.07, 6.45) is 5.84. The van der Waals surface area contributed by atoms with Gasteiger partial charge in [-0.3, -0.25) is 9.69 Å². The first-order valence-electron chi connectivity index (χ1n) is 6.78. The standard InChI is InChI=1S/C15H14Cl2N2O2/c16-10-5-9(6-11(17)8-10)7-13-14(20)19(15(21)18-13)12-3-1-2-4-12/h1-2,5-6,8,12-13H,3-4,7H2,(H,18,21). The molecule has 1 fully saturated rings. The van der Waals surface area contributed by atoms with Crippen LogP contribution in [0.3, 0.4) is 0 Å². The van der Waals surface area contributed by atoms with E-state index in [1.807, 2.05) is 12.2 Å². The number of nitrogens with zero attached hydrogens (tertiary/aromatic N) is 1. The van der Waals surface area contributed by atoms with Crippen molar-refractivity contribution in [2.45, 2.75) is 31.3 Å². The molecular weight excluding hydrogens is 311 g/mol. The lowest BCUT2D eigenvalue weighted by Crippen LogP contribution is -2.39. The van der Waals surface area contributed by atoms with E-state index in [1.54, 1.807) is 18.2 Å². The molecule has 0 aromatic heterocycles. The summed E-state index contributed by atoms with van der Waals surface area (Å²) in [6, 6.07) is 4.24. The second-order valence-corrected chi connectivity index (χ2v) is 6.16. The third kappa shape index (κ3) is 2.92. The maximum absolute atomic E-state index is 12.4. The van der Waals surface area contributed by atoms with Crippen LogP contribution in [-0.2, 0) is 11.2 Å². The molecule has 1 atom stereocenters. The van der Waals surface area contributed by atoms with Gasteiger partial charge >= 0.3 is 6.03 Å². The van der Waals surface area contributed by atoms with E-state index in [1.165, 1.54) is 4.90 Å². The topological polar surface area (TPSA) is 49.4 Å². The Morgan fingerprint density at radius 2 is 1.71 bits per heavy atom. The van der Waals surface area contributed by atoms with Crippen LogP contribution in [0.5, 0.6) is 0 Å². The second kappa shape index (κ2) is 5.70. The fraction of sp³-hybridized carbons (Fsp3) is 0.333. The molecule has 2 aliphatic rings. The molecule has 3 amide bonds. The largest absolute Gasteiger partial charge is 0.325 e. The summed E-state index contributed by atoms with van der Waals surface area (Å²) in [6.45, 7) is 0. The molecule has 110 valence electrons. The maximum Gasteiger partial charge on any atom is 0.325 e.